The molecule has 0 amide bonds. The van der Waals surface area contributed by atoms with Gasteiger partial charge in [-0.1, -0.05) is 5.16 Å². The van der Waals surface area contributed by atoms with Crippen LogP contribution in [-0.4, -0.2) is 43.3 Å². The van der Waals surface area contributed by atoms with E-state index in [4.69, 9.17) is 14.4 Å². The van der Waals surface area contributed by atoms with Gasteiger partial charge in [0.15, 0.2) is 5.82 Å². The van der Waals surface area contributed by atoms with Gasteiger partial charge in [-0.15, -0.1) is 0 Å². The minimum absolute atomic E-state index is 0.134. The van der Waals surface area contributed by atoms with Crippen molar-refractivity contribution >= 4 is 11.9 Å². The number of carboxylic acids is 1. The minimum Gasteiger partial charge on any atom is -0.478 e. The number of anilines is 1. The van der Waals surface area contributed by atoms with Gasteiger partial charge in [-0.25, -0.2) is 14.8 Å². The molecule has 10 nitrogen and oxygen atoms in total. The first-order chi connectivity index (χ1) is 12.2. The van der Waals surface area contributed by atoms with Crippen molar-refractivity contribution in [1.82, 2.24) is 25.1 Å². The van der Waals surface area contributed by atoms with Crippen LogP contribution in [-0.2, 0) is 17.9 Å². The summed E-state index contributed by atoms with van der Waals surface area (Å²) < 4.78 is 9.98. The molecule has 0 aliphatic rings. The van der Waals surface area contributed by atoms with Gasteiger partial charge in [0.1, 0.15) is 6.61 Å². The lowest BCUT2D eigenvalue weighted by Crippen LogP contribution is -2.05. The summed E-state index contributed by atoms with van der Waals surface area (Å²) in [6.07, 6.45) is 2.97. The monoisotopic (exact) mass is 342 g/mol. The van der Waals surface area contributed by atoms with Gasteiger partial charge in [0.05, 0.1) is 23.5 Å². The SMILES string of the molecule is COCc1noc(CNc2nccc(-c3cc(C(=O)O)ccn3)n2)n1. The molecule has 0 radical (unpaired) electrons. The zero-order chi connectivity index (χ0) is 17.6. The highest BCUT2D eigenvalue weighted by Crippen LogP contribution is 2.16. The summed E-state index contributed by atoms with van der Waals surface area (Å²) in [5.74, 6) is 0.113. The molecule has 3 heterocycles. The summed E-state index contributed by atoms with van der Waals surface area (Å²) in [7, 11) is 1.54. The number of aromatic carboxylic acids is 1. The fourth-order valence-corrected chi connectivity index (χ4v) is 1.99. The average molecular weight is 342 g/mol. The summed E-state index contributed by atoms with van der Waals surface area (Å²) in [6.45, 7) is 0.504. The normalized spacial score (nSPS) is 10.6. The molecule has 25 heavy (non-hydrogen) atoms. The highest BCUT2D eigenvalue weighted by Gasteiger charge is 2.10. The standard InChI is InChI=1S/C15H14N6O4/c1-24-8-12-20-13(25-21-12)7-18-15-17-5-3-10(19-15)11-6-9(14(22)23)2-4-16-11/h2-6H,7-8H2,1H3,(H,22,23)(H,17,18,19). The Morgan fingerprint density at radius 1 is 1.24 bits per heavy atom. The molecule has 0 saturated carbocycles. The first kappa shape index (κ1) is 16.5. The van der Waals surface area contributed by atoms with Crippen molar-refractivity contribution in [3.63, 3.8) is 0 Å². The van der Waals surface area contributed by atoms with Crippen LogP contribution in [0.4, 0.5) is 5.95 Å². The summed E-state index contributed by atoms with van der Waals surface area (Å²) >= 11 is 0. The van der Waals surface area contributed by atoms with Crippen LogP contribution in [0.5, 0.6) is 0 Å². The lowest BCUT2D eigenvalue weighted by atomic mass is 10.2. The van der Waals surface area contributed by atoms with Crippen molar-refractivity contribution in [3.05, 3.63) is 47.9 Å². The summed E-state index contributed by atoms with van der Waals surface area (Å²) in [6, 6.07) is 4.51. The molecular formula is C15H14N6O4. The number of carboxylic acid groups (broad SMARTS) is 1. The molecule has 0 spiro atoms. The van der Waals surface area contributed by atoms with Gasteiger partial charge in [-0.2, -0.15) is 4.98 Å². The minimum atomic E-state index is -1.03. The largest absolute Gasteiger partial charge is 0.478 e. The fourth-order valence-electron chi connectivity index (χ4n) is 1.99. The van der Waals surface area contributed by atoms with Crippen LogP contribution in [0.3, 0.4) is 0 Å². The highest BCUT2D eigenvalue weighted by atomic mass is 16.5. The van der Waals surface area contributed by atoms with Crippen molar-refractivity contribution in [1.29, 1.82) is 0 Å². The van der Waals surface area contributed by atoms with Crippen LogP contribution < -0.4 is 5.32 Å². The highest BCUT2D eigenvalue weighted by molar-refractivity contribution is 5.88. The van der Waals surface area contributed by atoms with E-state index in [0.717, 1.165) is 0 Å². The number of nitrogens with zero attached hydrogens (tertiary/aromatic N) is 5. The Morgan fingerprint density at radius 2 is 2.08 bits per heavy atom. The van der Waals surface area contributed by atoms with Crippen molar-refractivity contribution in [3.8, 4) is 11.4 Å². The number of hydrogen-bond acceptors (Lipinski definition) is 9. The topological polar surface area (TPSA) is 136 Å². The van der Waals surface area contributed by atoms with Gasteiger partial charge in [0.25, 0.3) is 0 Å². The molecule has 0 fully saturated rings. The second-order valence-corrected chi connectivity index (χ2v) is 4.89. The molecule has 128 valence electrons. The van der Waals surface area contributed by atoms with E-state index in [1.54, 1.807) is 19.4 Å². The van der Waals surface area contributed by atoms with Crippen molar-refractivity contribution < 1.29 is 19.2 Å². The van der Waals surface area contributed by atoms with E-state index in [9.17, 15) is 4.79 Å². The Balaban J connectivity index is 1.72. The van der Waals surface area contributed by atoms with Crippen LogP contribution >= 0.6 is 0 Å². The third kappa shape index (κ3) is 4.12. The van der Waals surface area contributed by atoms with Gasteiger partial charge >= 0.3 is 5.97 Å². The summed E-state index contributed by atoms with van der Waals surface area (Å²) in [5.41, 5.74) is 1.06. The molecule has 0 aromatic carbocycles. The van der Waals surface area contributed by atoms with E-state index in [-0.39, 0.29) is 18.7 Å². The number of hydrogen-bond donors (Lipinski definition) is 2. The maximum atomic E-state index is 11.1. The molecule has 0 saturated heterocycles. The second kappa shape index (κ2) is 7.45. The first-order valence-corrected chi connectivity index (χ1v) is 7.23. The number of ether oxygens (including phenoxy) is 1. The quantitative estimate of drug-likeness (QED) is 0.647. The smallest absolute Gasteiger partial charge is 0.335 e. The summed E-state index contributed by atoms with van der Waals surface area (Å²) in [4.78, 5) is 27.7. The van der Waals surface area contributed by atoms with Crippen molar-refractivity contribution in [2.75, 3.05) is 12.4 Å². The zero-order valence-electron chi connectivity index (χ0n) is 13.2. The van der Waals surface area contributed by atoms with Gasteiger partial charge < -0.3 is 19.7 Å². The zero-order valence-corrected chi connectivity index (χ0v) is 13.2. The first-order valence-electron chi connectivity index (χ1n) is 7.23. The van der Waals surface area contributed by atoms with Gasteiger partial charge in [0, 0.05) is 19.5 Å². The molecule has 0 aliphatic carbocycles. The second-order valence-electron chi connectivity index (χ2n) is 4.89. The number of nitrogens with one attached hydrogen (secondary N) is 1. The Labute approximate surface area is 141 Å². The van der Waals surface area contributed by atoms with Crippen molar-refractivity contribution in [2.24, 2.45) is 0 Å². The van der Waals surface area contributed by atoms with E-state index in [1.807, 2.05) is 0 Å². The number of aromatic nitrogens is 5. The van der Waals surface area contributed by atoms with Gasteiger partial charge in [-0.05, 0) is 18.2 Å². The van der Waals surface area contributed by atoms with Crippen LogP contribution in [0.15, 0.2) is 35.1 Å². The molecule has 3 rings (SSSR count). The molecule has 0 atom stereocenters. The average Bonchev–Trinajstić information content (AvgIpc) is 3.08. The summed E-state index contributed by atoms with van der Waals surface area (Å²) in [5, 5.41) is 15.8. The van der Waals surface area contributed by atoms with E-state index in [0.29, 0.717) is 29.1 Å². The fraction of sp³-hybridized carbons (Fsp3) is 0.200. The number of pyridine rings is 1. The third-order valence-corrected chi connectivity index (χ3v) is 3.11. The van der Waals surface area contributed by atoms with E-state index < -0.39 is 5.97 Å². The molecule has 10 heteroatoms. The molecule has 2 N–H and O–H groups in total. The number of methoxy groups -OCH3 is 1. The lowest BCUT2D eigenvalue weighted by Gasteiger charge is -2.05. The maximum absolute atomic E-state index is 11.1. The van der Waals surface area contributed by atoms with E-state index in [2.05, 4.69) is 30.4 Å². The molecule has 0 bridgehead atoms. The molecular weight excluding hydrogens is 328 g/mol. The third-order valence-electron chi connectivity index (χ3n) is 3.11. The van der Waals surface area contributed by atoms with Crippen LogP contribution in [0.1, 0.15) is 22.1 Å². The Hall–Kier alpha value is -3.40. The molecule has 0 unspecified atom stereocenters. The lowest BCUT2D eigenvalue weighted by molar-refractivity contribution is 0.0697. The maximum Gasteiger partial charge on any atom is 0.335 e. The number of carbonyl (C=O) groups is 1. The van der Waals surface area contributed by atoms with Crippen LogP contribution in [0.2, 0.25) is 0 Å². The van der Waals surface area contributed by atoms with E-state index in [1.165, 1.54) is 18.3 Å². The predicted molar refractivity (Wildman–Crippen MR) is 84.6 cm³/mol. The van der Waals surface area contributed by atoms with Crippen LogP contribution in [0.25, 0.3) is 11.4 Å². The van der Waals surface area contributed by atoms with Crippen molar-refractivity contribution in [2.45, 2.75) is 13.2 Å². The van der Waals surface area contributed by atoms with Gasteiger partial charge in [-0.3, -0.25) is 4.98 Å². The van der Waals surface area contributed by atoms with Crippen LogP contribution in [0, 0.1) is 0 Å². The Bertz CT molecular complexity index is 882. The van der Waals surface area contributed by atoms with Gasteiger partial charge in [0.2, 0.25) is 11.8 Å². The molecule has 0 aliphatic heterocycles. The number of rotatable bonds is 7. The Kier molecular flexibility index (Phi) is 4.90. The molecule has 3 aromatic heterocycles. The Morgan fingerprint density at radius 3 is 2.88 bits per heavy atom. The van der Waals surface area contributed by atoms with E-state index >= 15 is 0 Å². The molecule has 3 aromatic rings. The predicted octanol–water partition coefficient (Wildman–Crippen LogP) is 1.38.